The van der Waals surface area contributed by atoms with Crippen molar-refractivity contribution >= 4 is 22.7 Å². The summed E-state index contributed by atoms with van der Waals surface area (Å²) in [5, 5.41) is 16.8. The predicted molar refractivity (Wildman–Crippen MR) is 71.9 cm³/mol. The Labute approximate surface area is 109 Å². The quantitative estimate of drug-likeness (QED) is 0.678. The van der Waals surface area contributed by atoms with Crippen molar-refractivity contribution in [1.29, 1.82) is 0 Å². The van der Waals surface area contributed by atoms with E-state index >= 15 is 0 Å². The molecule has 0 radical (unpaired) electrons. The summed E-state index contributed by atoms with van der Waals surface area (Å²) in [6, 6.07) is 6.38. The van der Waals surface area contributed by atoms with Crippen molar-refractivity contribution in [2.24, 2.45) is 0 Å². The number of aromatic nitrogens is 1. The molecule has 0 fully saturated rings. The van der Waals surface area contributed by atoms with Gasteiger partial charge in [-0.3, -0.25) is 10.1 Å². The summed E-state index contributed by atoms with van der Waals surface area (Å²) in [5.74, 6) is 0. The van der Waals surface area contributed by atoms with E-state index in [1.807, 2.05) is 19.2 Å². The maximum Gasteiger partial charge on any atom is 0.269 e. The van der Waals surface area contributed by atoms with E-state index in [1.54, 1.807) is 29.7 Å². The fraction of sp³-hybridized carbons (Fsp3) is 0.250. The molecule has 1 heterocycles. The van der Waals surface area contributed by atoms with E-state index in [4.69, 9.17) is 0 Å². The van der Waals surface area contributed by atoms with Crippen LogP contribution in [0.4, 0.5) is 11.4 Å². The van der Waals surface area contributed by atoms with Gasteiger partial charge >= 0.3 is 0 Å². The zero-order valence-electron chi connectivity index (χ0n) is 10.1. The molecule has 5 nitrogen and oxygen atoms in total. The Bertz CT molecular complexity index is 535. The molecule has 0 saturated heterocycles. The molecule has 0 saturated carbocycles. The SMILES string of the molecule is CC(C)(Nc1ccc([N+](=O)[O-])cc1)c1nccs1. The molecule has 94 valence electrons. The van der Waals surface area contributed by atoms with Crippen LogP contribution in [-0.2, 0) is 5.54 Å². The average Bonchev–Trinajstić information content (AvgIpc) is 2.83. The third-order valence-corrected chi connectivity index (χ3v) is 3.60. The van der Waals surface area contributed by atoms with Gasteiger partial charge in [-0.05, 0) is 26.0 Å². The van der Waals surface area contributed by atoms with Gasteiger partial charge in [0, 0.05) is 29.4 Å². The highest BCUT2D eigenvalue weighted by atomic mass is 32.1. The Kier molecular flexibility index (Phi) is 3.29. The summed E-state index contributed by atoms with van der Waals surface area (Å²) in [5.41, 5.74) is 0.623. The van der Waals surface area contributed by atoms with E-state index in [2.05, 4.69) is 10.3 Å². The Morgan fingerprint density at radius 2 is 2.00 bits per heavy atom. The second-order valence-corrected chi connectivity index (χ2v) is 5.29. The van der Waals surface area contributed by atoms with Crippen molar-refractivity contribution in [3.8, 4) is 0 Å². The average molecular weight is 263 g/mol. The van der Waals surface area contributed by atoms with E-state index < -0.39 is 4.92 Å². The zero-order valence-corrected chi connectivity index (χ0v) is 10.9. The molecule has 6 heteroatoms. The fourth-order valence-corrected chi connectivity index (χ4v) is 2.33. The van der Waals surface area contributed by atoms with Gasteiger partial charge in [-0.25, -0.2) is 4.98 Å². The highest BCUT2D eigenvalue weighted by Crippen LogP contribution is 2.27. The first-order chi connectivity index (χ1) is 8.49. The van der Waals surface area contributed by atoms with E-state index in [0.717, 1.165) is 10.7 Å². The lowest BCUT2D eigenvalue weighted by atomic mass is 10.1. The summed E-state index contributed by atoms with van der Waals surface area (Å²) in [4.78, 5) is 14.4. The van der Waals surface area contributed by atoms with Gasteiger partial charge in [0.15, 0.2) is 0 Å². The van der Waals surface area contributed by atoms with Crippen LogP contribution in [0.1, 0.15) is 18.9 Å². The van der Waals surface area contributed by atoms with Crippen molar-refractivity contribution in [2.75, 3.05) is 5.32 Å². The number of benzene rings is 1. The molecule has 0 unspecified atom stereocenters. The smallest absolute Gasteiger partial charge is 0.269 e. The molecule has 0 atom stereocenters. The molecule has 0 aliphatic rings. The van der Waals surface area contributed by atoms with Crippen molar-refractivity contribution in [3.63, 3.8) is 0 Å². The van der Waals surface area contributed by atoms with Crippen LogP contribution in [0, 0.1) is 10.1 Å². The summed E-state index contributed by atoms with van der Waals surface area (Å²) in [6.45, 7) is 4.04. The lowest BCUT2D eigenvalue weighted by Gasteiger charge is -2.25. The number of hydrogen-bond donors (Lipinski definition) is 1. The third-order valence-electron chi connectivity index (χ3n) is 2.50. The van der Waals surface area contributed by atoms with Crippen LogP contribution in [-0.4, -0.2) is 9.91 Å². The second kappa shape index (κ2) is 4.73. The van der Waals surface area contributed by atoms with Gasteiger partial charge in [0.1, 0.15) is 5.01 Å². The van der Waals surface area contributed by atoms with Gasteiger partial charge in [-0.15, -0.1) is 11.3 Å². The molecule has 0 aliphatic carbocycles. The van der Waals surface area contributed by atoms with E-state index in [0.29, 0.717) is 0 Å². The summed E-state index contributed by atoms with van der Waals surface area (Å²) < 4.78 is 0. The van der Waals surface area contributed by atoms with Crippen molar-refractivity contribution < 1.29 is 4.92 Å². The van der Waals surface area contributed by atoms with Crippen LogP contribution >= 0.6 is 11.3 Å². The molecule has 1 N–H and O–H groups in total. The molecular formula is C12H13N3O2S. The highest BCUT2D eigenvalue weighted by molar-refractivity contribution is 7.09. The Balaban J connectivity index is 2.16. The third kappa shape index (κ3) is 2.65. The first-order valence-corrected chi connectivity index (χ1v) is 6.29. The number of nitro benzene ring substituents is 1. The monoisotopic (exact) mass is 263 g/mol. The summed E-state index contributed by atoms with van der Waals surface area (Å²) in [7, 11) is 0. The minimum atomic E-state index is -0.407. The normalized spacial score (nSPS) is 11.2. The molecule has 18 heavy (non-hydrogen) atoms. The van der Waals surface area contributed by atoms with Crippen LogP contribution in [0.25, 0.3) is 0 Å². The number of nitrogens with one attached hydrogen (secondary N) is 1. The van der Waals surface area contributed by atoms with Gasteiger partial charge in [0.05, 0.1) is 10.5 Å². The lowest BCUT2D eigenvalue weighted by Crippen LogP contribution is -2.27. The van der Waals surface area contributed by atoms with E-state index in [9.17, 15) is 10.1 Å². The van der Waals surface area contributed by atoms with Crippen molar-refractivity contribution in [2.45, 2.75) is 19.4 Å². The van der Waals surface area contributed by atoms with Crippen molar-refractivity contribution in [1.82, 2.24) is 4.98 Å². The zero-order chi connectivity index (χ0) is 13.2. The number of nitrogens with zero attached hydrogens (tertiary/aromatic N) is 2. The number of nitro groups is 1. The van der Waals surface area contributed by atoms with Crippen LogP contribution < -0.4 is 5.32 Å². The first kappa shape index (κ1) is 12.5. The van der Waals surface area contributed by atoms with Gasteiger partial charge < -0.3 is 5.32 Å². The molecule has 2 aromatic rings. The second-order valence-electron chi connectivity index (χ2n) is 4.39. The first-order valence-electron chi connectivity index (χ1n) is 5.42. The molecule has 1 aromatic carbocycles. The maximum atomic E-state index is 10.6. The molecule has 0 amide bonds. The Morgan fingerprint density at radius 1 is 1.33 bits per heavy atom. The number of thiazole rings is 1. The van der Waals surface area contributed by atoms with Crippen LogP contribution in [0.15, 0.2) is 35.8 Å². The summed E-state index contributed by atoms with van der Waals surface area (Å²) >= 11 is 1.58. The molecule has 0 spiro atoms. The van der Waals surface area contributed by atoms with Crippen LogP contribution in [0.5, 0.6) is 0 Å². The van der Waals surface area contributed by atoms with Gasteiger partial charge in [0.2, 0.25) is 0 Å². The molecule has 0 bridgehead atoms. The number of anilines is 1. The molecule has 1 aromatic heterocycles. The number of rotatable bonds is 4. The largest absolute Gasteiger partial charge is 0.374 e. The minimum Gasteiger partial charge on any atom is -0.374 e. The molecular weight excluding hydrogens is 250 g/mol. The van der Waals surface area contributed by atoms with E-state index in [1.165, 1.54) is 12.1 Å². The fourth-order valence-electron chi connectivity index (χ4n) is 1.61. The van der Waals surface area contributed by atoms with E-state index in [-0.39, 0.29) is 11.2 Å². The molecule has 0 aliphatic heterocycles. The number of hydrogen-bond acceptors (Lipinski definition) is 5. The molecule has 2 rings (SSSR count). The standard InChI is InChI=1S/C12H13N3O2S/c1-12(2,11-13-7-8-18-11)14-9-3-5-10(6-4-9)15(16)17/h3-8,14H,1-2H3. The van der Waals surface area contributed by atoms with Gasteiger partial charge in [-0.2, -0.15) is 0 Å². The topological polar surface area (TPSA) is 68.1 Å². The Hall–Kier alpha value is -1.95. The van der Waals surface area contributed by atoms with Gasteiger partial charge in [-0.1, -0.05) is 0 Å². The minimum absolute atomic E-state index is 0.0904. The Morgan fingerprint density at radius 3 is 2.50 bits per heavy atom. The maximum absolute atomic E-state index is 10.6. The summed E-state index contributed by atoms with van der Waals surface area (Å²) in [6.07, 6.45) is 1.76. The van der Waals surface area contributed by atoms with Gasteiger partial charge in [0.25, 0.3) is 5.69 Å². The predicted octanol–water partition coefficient (Wildman–Crippen LogP) is 3.40. The van der Waals surface area contributed by atoms with Crippen LogP contribution in [0.2, 0.25) is 0 Å². The highest BCUT2D eigenvalue weighted by Gasteiger charge is 2.23. The van der Waals surface area contributed by atoms with Crippen LogP contribution in [0.3, 0.4) is 0 Å². The lowest BCUT2D eigenvalue weighted by molar-refractivity contribution is -0.384. The van der Waals surface area contributed by atoms with Crippen molar-refractivity contribution in [3.05, 3.63) is 51.0 Å². The number of non-ortho nitro benzene ring substituents is 1.